The molecule has 98 heavy (non-hydrogen) atoms. The second-order valence-corrected chi connectivity index (χ2v) is 26.9. The molecule has 13 aromatic rings. The fraction of sp³-hybridized carbons (Fsp3) is 0.276. The molecule has 0 unspecified atom stereocenters. The Morgan fingerprint density at radius 1 is 0.520 bits per heavy atom. The van der Waals surface area contributed by atoms with Gasteiger partial charge in [-0.3, -0.25) is 14.2 Å². The third-order valence-electron chi connectivity index (χ3n) is 16.1. The first-order chi connectivity index (χ1) is 46.8. The molecule has 0 aliphatic carbocycles. The highest BCUT2D eigenvalue weighted by Crippen LogP contribution is 2.35. The van der Waals surface area contributed by atoms with Gasteiger partial charge in [0, 0.05) is 94.0 Å². The van der Waals surface area contributed by atoms with Crippen LogP contribution in [-0.2, 0) is 22.8 Å². The monoisotopic (exact) mass is 1350 g/mol. The number of para-hydroxylation sites is 1. The summed E-state index contributed by atoms with van der Waals surface area (Å²) in [6.07, 6.45) is 5.64. The Morgan fingerprint density at radius 3 is 1.86 bits per heavy atom. The number of hydrogen-bond donors (Lipinski definition) is 0. The summed E-state index contributed by atoms with van der Waals surface area (Å²) in [5.41, 5.74) is 19.4. The lowest BCUT2D eigenvalue weighted by Crippen LogP contribution is -2.21. The molecule has 506 valence electrons. The van der Waals surface area contributed by atoms with Crippen LogP contribution in [0.5, 0.6) is 11.5 Å². The summed E-state index contributed by atoms with van der Waals surface area (Å²) in [7, 11) is -3.58. The van der Waals surface area contributed by atoms with Crippen molar-refractivity contribution in [3.05, 3.63) is 268 Å². The summed E-state index contributed by atoms with van der Waals surface area (Å²) >= 11 is 1.64. The number of ether oxygens (including phenoxy) is 2. The quantitative estimate of drug-likeness (QED) is 0.110. The van der Waals surface area contributed by atoms with E-state index in [4.69, 9.17) is 13.9 Å². The first kappa shape index (κ1) is 71.8. The second-order valence-electron chi connectivity index (χ2n) is 24.0. The van der Waals surface area contributed by atoms with Gasteiger partial charge in [-0.15, -0.1) is 5.10 Å². The van der Waals surface area contributed by atoms with Gasteiger partial charge in [0.2, 0.25) is 9.84 Å². The van der Waals surface area contributed by atoms with E-state index in [1.165, 1.54) is 28.3 Å². The number of thioether (sulfide) groups is 1. The molecular weight excluding hydrogens is 1270 g/mol. The minimum atomic E-state index is -3.58. The average Bonchev–Trinajstić information content (AvgIpc) is 1.20. The normalized spacial score (nSPS) is 12.7. The van der Waals surface area contributed by atoms with E-state index in [9.17, 15) is 22.8 Å². The van der Waals surface area contributed by atoms with Crippen molar-refractivity contribution in [3.8, 4) is 11.5 Å². The Morgan fingerprint density at radius 2 is 1.13 bits per heavy atom. The van der Waals surface area contributed by atoms with Crippen molar-refractivity contribution in [2.45, 2.75) is 138 Å². The number of carbonyl (C=O) groups excluding carboxylic acids is 1. The van der Waals surface area contributed by atoms with Gasteiger partial charge in [-0.05, 0) is 186 Å². The number of aryl methyl sites for hydroxylation is 15. The zero-order chi connectivity index (χ0) is 70.5. The maximum atomic E-state index is 12.4. The Labute approximate surface area is 574 Å². The maximum absolute atomic E-state index is 12.4. The van der Waals surface area contributed by atoms with Gasteiger partial charge in [0.1, 0.15) is 5.58 Å². The highest BCUT2D eigenvalue weighted by atomic mass is 32.2. The number of sulfone groups is 1. The number of carbonyl (C=O) groups is 1. The van der Waals surface area contributed by atoms with Gasteiger partial charge >= 0.3 is 5.63 Å². The Balaban J connectivity index is 0.000000132. The summed E-state index contributed by atoms with van der Waals surface area (Å²) in [5.74, 6) is 2.51. The molecule has 0 saturated carbocycles. The number of aromatic nitrogens is 12. The Kier molecular flexibility index (Phi) is 23.5. The number of hydrogen-bond acceptors (Lipinski definition) is 17. The molecule has 0 N–H and O–H groups in total. The standard InChI is InChI=1S/C14H10O3S.C10H12O2.C10H8O2.2C9H11N3.C9H12.C8H10N4.C7H8N2OS/c1-9-6-7-11-13(8-9)18(16,17)12-5-3-2-4-10(12)14(11)15;1-8-3-4-9-10(7-8)12-6-2-5-11-9;1-7-6-8-4-2-3-5-9(8)12-10(7)11;1-6-5-10-9-4-7(2)11-12(9)8(6)3;1-6-4-8(3)12-9(10-6)5-7(2)11-12;1-3-9-7-5-4-6-8(9)2;1-5-4-8-10-9-6(2)7(3)12(8)11-5;1-5-4-8-7-9(6(5)10)2-3-11-7/h2-8H,1H3;3-4,7H,2,5-6H2,1H3;2-6H,1H3;2*4-5H,1-3H3;4-7H,3H2,1-2H3;4H,1-3H3;4H,2-3H2,1H3. The van der Waals surface area contributed by atoms with Gasteiger partial charge in [0.25, 0.3) is 5.56 Å². The van der Waals surface area contributed by atoms with E-state index >= 15 is 0 Å². The van der Waals surface area contributed by atoms with Crippen molar-refractivity contribution in [2.75, 3.05) is 19.0 Å². The van der Waals surface area contributed by atoms with Gasteiger partial charge < -0.3 is 13.9 Å². The van der Waals surface area contributed by atoms with Crippen LogP contribution in [0.1, 0.15) is 114 Å². The number of ketones is 1. The summed E-state index contributed by atoms with van der Waals surface area (Å²) in [6, 6.07) is 43.0. The molecule has 0 saturated heterocycles. The molecule has 11 heterocycles. The fourth-order valence-electron chi connectivity index (χ4n) is 10.6. The largest absolute Gasteiger partial charge is 0.490 e. The van der Waals surface area contributed by atoms with Crippen LogP contribution in [0.2, 0.25) is 0 Å². The molecule has 0 bridgehead atoms. The fourth-order valence-corrected chi connectivity index (χ4v) is 13.2. The third kappa shape index (κ3) is 17.4. The molecule has 5 aromatic carbocycles. The van der Waals surface area contributed by atoms with Crippen molar-refractivity contribution >= 4 is 55.3 Å². The molecule has 3 aliphatic heterocycles. The summed E-state index contributed by atoms with van der Waals surface area (Å²) in [6.45, 7) is 32.0. The molecule has 0 fully saturated rings. The van der Waals surface area contributed by atoms with Crippen molar-refractivity contribution in [3.63, 3.8) is 0 Å². The van der Waals surface area contributed by atoms with Crippen molar-refractivity contribution in [1.29, 1.82) is 0 Å². The summed E-state index contributed by atoms with van der Waals surface area (Å²) < 4.78 is 48.2. The predicted molar refractivity (Wildman–Crippen MR) is 384 cm³/mol. The second kappa shape index (κ2) is 32.1. The van der Waals surface area contributed by atoms with Crippen LogP contribution in [0.15, 0.2) is 181 Å². The smallest absolute Gasteiger partial charge is 0.339 e. The SMILES string of the molecule is CCc1ccccc1C.Cc1cc(C)n2nc(C)cc2n1.Cc1cc2ccccc2oc1=O.Cc1cc2ncc(C)c(C)n2n1.Cc1cc2nnc(C)c(C)n2n1.Cc1ccc2c(c1)OCCCO2.Cc1ccc2c(c1)S(=O)(=O)c1ccccc1C2=O.Cc1cnc2n(c1=O)CCS2. The van der Waals surface area contributed by atoms with E-state index in [1.54, 1.807) is 85.8 Å². The zero-order valence-corrected chi connectivity index (χ0v) is 59.8. The topological polar surface area (TPSA) is 238 Å². The number of rotatable bonds is 1. The van der Waals surface area contributed by atoms with Crippen molar-refractivity contribution < 1.29 is 27.1 Å². The van der Waals surface area contributed by atoms with Crippen LogP contribution >= 0.6 is 11.8 Å². The van der Waals surface area contributed by atoms with Crippen LogP contribution in [0, 0.1) is 96.9 Å². The van der Waals surface area contributed by atoms with E-state index in [-0.39, 0.29) is 37.9 Å². The molecule has 8 aromatic heterocycles. The van der Waals surface area contributed by atoms with Gasteiger partial charge in [0.15, 0.2) is 39.4 Å². The predicted octanol–water partition coefficient (Wildman–Crippen LogP) is 14.2. The van der Waals surface area contributed by atoms with Gasteiger partial charge in [0.05, 0.1) is 51.5 Å². The highest BCUT2D eigenvalue weighted by molar-refractivity contribution is 7.99. The van der Waals surface area contributed by atoms with Crippen LogP contribution in [0.25, 0.3) is 27.9 Å². The minimum Gasteiger partial charge on any atom is -0.490 e. The molecule has 20 nitrogen and oxygen atoms in total. The van der Waals surface area contributed by atoms with E-state index in [0.717, 1.165) is 134 Å². The van der Waals surface area contributed by atoms with Crippen LogP contribution in [-0.4, -0.2) is 91.7 Å². The van der Waals surface area contributed by atoms with Gasteiger partial charge in [-0.1, -0.05) is 85.4 Å². The van der Waals surface area contributed by atoms with Crippen LogP contribution in [0.3, 0.4) is 0 Å². The molecule has 0 atom stereocenters. The third-order valence-corrected chi connectivity index (χ3v) is 18.9. The summed E-state index contributed by atoms with van der Waals surface area (Å²) in [5, 5.41) is 22.8. The average molecular weight is 1360 g/mol. The maximum Gasteiger partial charge on any atom is 0.339 e. The molecule has 3 aliphatic rings. The van der Waals surface area contributed by atoms with Crippen molar-refractivity contribution in [1.82, 2.24) is 58.6 Å². The molecular formula is C76H82N12O8S2. The molecule has 0 spiro atoms. The molecule has 22 heteroatoms. The Bertz CT molecular complexity index is 5200. The van der Waals surface area contributed by atoms with Crippen LogP contribution in [0.4, 0.5) is 0 Å². The summed E-state index contributed by atoms with van der Waals surface area (Å²) in [4.78, 5) is 47.7. The first-order valence-corrected chi connectivity index (χ1v) is 34.6. The molecule has 0 amide bonds. The Hall–Kier alpha value is -10.5. The van der Waals surface area contributed by atoms with Crippen molar-refractivity contribution in [2.24, 2.45) is 0 Å². The number of fused-ring (bicyclic) bond motifs is 8. The zero-order valence-electron chi connectivity index (χ0n) is 58.1. The lowest BCUT2D eigenvalue weighted by atomic mass is 10.0. The first-order valence-electron chi connectivity index (χ1n) is 32.2. The number of benzene rings is 5. The van der Waals surface area contributed by atoms with E-state index in [2.05, 4.69) is 92.4 Å². The number of nitrogens with zero attached hydrogens (tertiary/aromatic N) is 12. The lowest BCUT2D eigenvalue weighted by molar-refractivity contribution is 0.103. The highest BCUT2D eigenvalue weighted by Gasteiger charge is 2.34. The van der Waals surface area contributed by atoms with Crippen LogP contribution < -0.4 is 20.7 Å². The molecule has 16 rings (SSSR count). The van der Waals surface area contributed by atoms with E-state index in [1.807, 2.05) is 142 Å². The lowest BCUT2D eigenvalue weighted by Gasteiger charge is -2.18. The minimum absolute atomic E-state index is 0.105. The molecule has 0 radical (unpaired) electrons. The van der Waals surface area contributed by atoms with E-state index in [0.29, 0.717) is 11.1 Å². The van der Waals surface area contributed by atoms with Gasteiger partial charge in [-0.2, -0.15) is 20.4 Å². The van der Waals surface area contributed by atoms with E-state index < -0.39 is 9.84 Å². The van der Waals surface area contributed by atoms with Gasteiger partial charge in [-0.25, -0.2) is 41.7 Å².